The molecule has 0 spiro atoms. The first-order chi connectivity index (χ1) is 6.16. The minimum Gasteiger partial charge on any atom is -0.480 e. The Hall–Kier alpha value is -1.03. The van der Waals surface area contributed by atoms with Gasteiger partial charge < -0.3 is 5.11 Å². The van der Waals surface area contributed by atoms with Gasteiger partial charge in [0.1, 0.15) is 11.1 Å². The van der Waals surface area contributed by atoms with Gasteiger partial charge in [-0.05, 0) is 24.1 Å². The molecule has 0 bridgehead atoms. The van der Waals surface area contributed by atoms with Crippen LogP contribution >= 0.6 is 11.8 Å². The number of aliphatic carboxylic acids is 1. The van der Waals surface area contributed by atoms with Crippen LogP contribution in [0.3, 0.4) is 0 Å². The third kappa shape index (κ3) is 1.54. The second-order valence-electron chi connectivity index (χ2n) is 2.90. The average Bonchev–Trinajstić information content (AvgIpc) is 2.46. The molecule has 1 atom stereocenters. The average molecular weight is 198 g/mol. The minimum absolute atomic E-state index is 0.308. The zero-order valence-corrected chi connectivity index (χ0v) is 7.47. The summed E-state index contributed by atoms with van der Waals surface area (Å²) in [6.07, 6.45) is 0.496. The summed E-state index contributed by atoms with van der Waals surface area (Å²) >= 11 is 1.22. The van der Waals surface area contributed by atoms with Crippen LogP contribution in [-0.2, 0) is 11.2 Å². The molecule has 2 rings (SSSR count). The standard InChI is InChI=1S/C9H7FO2S/c10-6-2-1-5-3-8(9(11)12)13-7(5)4-6/h1-2,4,8H,3H2,(H,11,12)/t8-/m0/s1. The van der Waals surface area contributed by atoms with Crippen molar-refractivity contribution >= 4 is 17.7 Å². The van der Waals surface area contributed by atoms with E-state index in [1.807, 2.05) is 0 Å². The Morgan fingerprint density at radius 3 is 3.08 bits per heavy atom. The van der Waals surface area contributed by atoms with Gasteiger partial charge in [0.05, 0.1) is 0 Å². The van der Waals surface area contributed by atoms with Gasteiger partial charge >= 0.3 is 5.97 Å². The van der Waals surface area contributed by atoms with Crippen molar-refractivity contribution in [2.75, 3.05) is 0 Å². The van der Waals surface area contributed by atoms with Crippen molar-refractivity contribution in [3.05, 3.63) is 29.6 Å². The van der Waals surface area contributed by atoms with Crippen molar-refractivity contribution in [1.29, 1.82) is 0 Å². The lowest BCUT2D eigenvalue weighted by molar-refractivity contribution is -0.136. The molecule has 0 saturated carbocycles. The Morgan fingerprint density at radius 1 is 1.62 bits per heavy atom. The predicted molar refractivity (Wildman–Crippen MR) is 47.4 cm³/mol. The van der Waals surface area contributed by atoms with E-state index in [1.54, 1.807) is 6.07 Å². The topological polar surface area (TPSA) is 37.3 Å². The van der Waals surface area contributed by atoms with Gasteiger partial charge in [0.15, 0.2) is 0 Å². The van der Waals surface area contributed by atoms with Crippen molar-refractivity contribution in [1.82, 2.24) is 0 Å². The van der Waals surface area contributed by atoms with E-state index in [1.165, 1.54) is 23.9 Å². The van der Waals surface area contributed by atoms with Crippen molar-refractivity contribution in [3.8, 4) is 0 Å². The van der Waals surface area contributed by atoms with Crippen molar-refractivity contribution in [2.45, 2.75) is 16.6 Å². The Bertz CT molecular complexity index is 365. The van der Waals surface area contributed by atoms with Crippen molar-refractivity contribution in [3.63, 3.8) is 0 Å². The molecule has 0 fully saturated rings. The van der Waals surface area contributed by atoms with Gasteiger partial charge in [-0.25, -0.2) is 4.39 Å². The van der Waals surface area contributed by atoms with E-state index < -0.39 is 11.2 Å². The summed E-state index contributed by atoms with van der Waals surface area (Å²) in [7, 11) is 0. The van der Waals surface area contributed by atoms with Crippen LogP contribution in [0.1, 0.15) is 5.56 Å². The van der Waals surface area contributed by atoms with Gasteiger partial charge in [-0.1, -0.05) is 6.07 Å². The smallest absolute Gasteiger partial charge is 0.317 e. The van der Waals surface area contributed by atoms with Crippen molar-refractivity contribution < 1.29 is 14.3 Å². The van der Waals surface area contributed by atoms with Crippen LogP contribution in [0.5, 0.6) is 0 Å². The minimum atomic E-state index is -0.832. The van der Waals surface area contributed by atoms with Gasteiger partial charge in [-0.2, -0.15) is 0 Å². The summed E-state index contributed by atoms with van der Waals surface area (Å²) in [5, 5.41) is 8.29. The normalized spacial score (nSPS) is 19.9. The molecule has 0 radical (unpaired) electrons. The molecule has 1 aromatic carbocycles. The van der Waals surface area contributed by atoms with Crippen LogP contribution in [0, 0.1) is 5.82 Å². The van der Waals surface area contributed by atoms with E-state index in [-0.39, 0.29) is 5.82 Å². The number of benzene rings is 1. The Balaban J connectivity index is 2.30. The van der Waals surface area contributed by atoms with Gasteiger partial charge in [0, 0.05) is 4.90 Å². The quantitative estimate of drug-likeness (QED) is 0.749. The fraction of sp³-hybridized carbons (Fsp3) is 0.222. The first-order valence-corrected chi connectivity index (χ1v) is 4.72. The summed E-state index contributed by atoms with van der Waals surface area (Å²) in [4.78, 5) is 11.4. The number of rotatable bonds is 1. The lowest BCUT2D eigenvalue weighted by Gasteiger charge is -1.98. The Labute approximate surface area is 78.8 Å². The highest BCUT2D eigenvalue weighted by Gasteiger charge is 2.27. The van der Waals surface area contributed by atoms with Crippen LogP contribution < -0.4 is 0 Å². The highest BCUT2D eigenvalue weighted by atomic mass is 32.2. The van der Waals surface area contributed by atoms with Crippen LogP contribution in [-0.4, -0.2) is 16.3 Å². The second kappa shape index (κ2) is 3.03. The fourth-order valence-corrected chi connectivity index (χ4v) is 2.49. The molecule has 1 heterocycles. The monoisotopic (exact) mass is 198 g/mol. The summed E-state index contributed by atoms with van der Waals surface area (Å²) in [6, 6.07) is 4.41. The van der Waals surface area contributed by atoms with E-state index in [0.29, 0.717) is 6.42 Å². The van der Waals surface area contributed by atoms with E-state index >= 15 is 0 Å². The number of carboxylic acids is 1. The van der Waals surface area contributed by atoms with Gasteiger partial charge in [-0.15, -0.1) is 11.8 Å². The summed E-state index contributed by atoms with van der Waals surface area (Å²) in [5.41, 5.74) is 0.929. The molecule has 68 valence electrons. The zero-order chi connectivity index (χ0) is 9.42. The lowest BCUT2D eigenvalue weighted by Crippen LogP contribution is -2.14. The predicted octanol–water partition coefficient (Wildman–Crippen LogP) is 1.93. The van der Waals surface area contributed by atoms with E-state index in [4.69, 9.17) is 5.11 Å². The number of hydrogen-bond acceptors (Lipinski definition) is 2. The zero-order valence-electron chi connectivity index (χ0n) is 6.66. The lowest BCUT2D eigenvalue weighted by atomic mass is 10.1. The molecule has 0 aromatic heterocycles. The first-order valence-electron chi connectivity index (χ1n) is 3.85. The van der Waals surface area contributed by atoms with Crippen LogP contribution in [0.2, 0.25) is 0 Å². The molecule has 0 amide bonds. The summed E-state index contributed by atoms with van der Waals surface area (Å²) in [6.45, 7) is 0. The molecular weight excluding hydrogens is 191 g/mol. The van der Waals surface area contributed by atoms with Crippen LogP contribution in [0.4, 0.5) is 4.39 Å². The van der Waals surface area contributed by atoms with Crippen molar-refractivity contribution in [2.24, 2.45) is 0 Å². The third-order valence-electron chi connectivity index (χ3n) is 1.98. The fourth-order valence-electron chi connectivity index (χ4n) is 1.34. The van der Waals surface area contributed by atoms with Crippen LogP contribution in [0.25, 0.3) is 0 Å². The maximum Gasteiger partial charge on any atom is 0.317 e. The Morgan fingerprint density at radius 2 is 2.38 bits per heavy atom. The SMILES string of the molecule is O=C(O)[C@@H]1Cc2ccc(F)cc2S1. The van der Waals surface area contributed by atoms with Gasteiger partial charge in [-0.3, -0.25) is 4.79 Å². The number of carboxylic acid groups (broad SMARTS) is 1. The number of thioether (sulfide) groups is 1. The number of fused-ring (bicyclic) bond motifs is 1. The van der Waals surface area contributed by atoms with Gasteiger partial charge in [0.25, 0.3) is 0 Å². The van der Waals surface area contributed by atoms with Crippen LogP contribution in [0.15, 0.2) is 23.1 Å². The van der Waals surface area contributed by atoms with E-state index in [9.17, 15) is 9.18 Å². The molecule has 2 nitrogen and oxygen atoms in total. The number of hydrogen-bond donors (Lipinski definition) is 1. The molecule has 13 heavy (non-hydrogen) atoms. The van der Waals surface area contributed by atoms with Gasteiger partial charge in [0.2, 0.25) is 0 Å². The van der Waals surface area contributed by atoms with E-state index in [0.717, 1.165) is 10.5 Å². The number of halogens is 1. The molecule has 0 aliphatic carbocycles. The highest BCUT2D eigenvalue weighted by Crippen LogP contribution is 2.37. The maximum atomic E-state index is 12.7. The molecular formula is C9H7FO2S. The molecule has 4 heteroatoms. The Kier molecular flexibility index (Phi) is 2.00. The second-order valence-corrected chi connectivity index (χ2v) is 4.15. The first kappa shape index (κ1) is 8.56. The third-order valence-corrected chi connectivity index (χ3v) is 3.27. The number of carbonyl (C=O) groups is 1. The molecule has 1 aromatic rings. The molecule has 1 N–H and O–H groups in total. The highest BCUT2D eigenvalue weighted by molar-refractivity contribution is 8.01. The molecule has 1 aliphatic heterocycles. The maximum absolute atomic E-state index is 12.7. The molecule has 0 saturated heterocycles. The largest absolute Gasteiger partial charge is 0.480 e. The summed E-state index contributed by atoms with van der Waals surface area (Å²) in [5.74, 6) is -1.14. The molecule has 1 aliphatic rings. The molecule has 0 unspecified atom stereocenters. The van der Waals surface area contributed by atoms with E-state index in [2.05, 4.69) is 0 Å². The summed E-state index contributed by atoms with van der Waals surface area (Å²) < 4.78 is 12.7.